The smallest absolute Gasteiger partial charge is 0.0784 e. The fraction of sp³-hybridized carbons (Fsp3) is 1.00. The van der Waals surface area contributed by atoms with Crippen LogP contribution in [0.4, 0.5) is 0 Å². The molecule has 1 aliphatic rings. The molecule has 0 unspecified atom stereocenters. The summed E-state index contributed by atoms with van der Waals surface area (Å²) in [5, 5.41) is 0. The molecule has 0 saturated carbocycles. The second-order valence-corrected chi connectivity index (χ2v) is 4.56. The minimum Gasteiger partial charge on any atom is -0.412 e. The van der Waals surface area contributed by atoms with Crippen LogP contribution in [0.25, 0.3) is 0 Å². The average Bonchev–Trinajstić information content (AvgIpc) is 2.06. The van der Waals surface area contributed by atoms with Crippen LogP contribution in [0.5, 0.6) is 0 Å². The minimum absolute atomic E-state index is 0. The zero-order chi connectivity index (χ0) is 8.86. The number of hydrogen-bond donors (Lipinski definition) is 0. The Morgan fingerprint density at radius 1 is 0.929 bits per heavy atom. The van der Waals surface area contributed by atoms with Crippen LogP contribution >= 0.6 is 0 Å². The van der Waals surface area contributed by atoms with Crippen molar-refractivity contribution in [2.75, 3.05) is 26.7 Å². The Morgan fingerprint density at radius 3 is 2.00 bits per heavy atom. The summed E-state index contributed by atoms with van der Waals surface area (Å²) in [6.07, 6.45) is 8.62. The second kappa shape index (κ2) is 8.21. The molecule has 0 spiro atoms. The number of rotatable bonds is 4. The van der Waals surface area contributed by atoms with Crippen molar-refractivity contribution < 1.29 is 15.4 Å². The number of nitrogens with zero attached hydrogens (tertiary/aromatic N) is 1. The summed E-state index contributed by atoms with van der Waals surface area (Å²) in [4.78, 5) is 0. The van der Waals surface area contributed by atoms with Crippen LogP contribution in [-0.2, 0) is 0 Å². The quantitative estimate of drug-likeness (QED) is 0.489. The van der Waals surface area contributed by atoms with Gasteiger partial charge in [0, 0.05) is 0 Å². The maximum absolute atomic E-state index is 2.44. The lowest BCUT2D eigenvalue weighted by atomic mass is 10.1. The first-order chi connectivity index (χ1) is 5.77. The zero-order valence-corrected chi connectivity index (χ0v) is 9.81. The van der Waals surface area contributed by atoms with Gasteiger partial charge in [-0.1, -0.05) is 13.3 Å². The third-order valence-corrected chi connectivity index (χ3v) is 3.20. The number of likely N-dealkylation sites (tertiary alicyclic amines) is 1. The van der Waals surface area contributed by atoms with Crippen molar-refractivity contribution in [2.45, 2.75) is 45.4 Å². The van der Waals surface area contributed by atoms with Crippen molar-refractivity contribution in [2.24, 2.45) is 0 Å². The largest absolute Gasteiger partial charge is 0.412 e. The third kappa shape index (κ3) is 5.58. The molecule has 1 fully saturated rings. The molecule has 0 aliphatic carbocycles. The van der Waals surface area contributed by atoms with Crippen LogP contribution in [0.2, 0.25) is 0 Å². The van der Waals surface area contributed by atoms with Crippen molar-refractivity contribution in [3.8, 4) is 0 Å². The van der Waals surface area contributed by atoms with Gasteiger partial charge in [0.05, 0.1) is 26.7 Å². The van der Waals surface area contributed by atoms with Gasteiger partial charge in [-0.2, -0.15) is 0 Å². The van der Waals surface area contributed by atoms with E-state index in [0.29, 0.717) is 0 Å². The van der Waals surface area contributed by atoms with Crippen LogP contribution < -0.4 is 0 Å². The van der Waals surface area contributed by atoms with Gasteiger partial charge in [-0.25, -0.2) is 0 Å². The molecule has 14 heavy (non-hydrogen) atoms. The van der Waals surface area contributed by atoms with Gasteiger partial charge < -0.3 is 15.4 Å². The SMILES string of the molecule is CCCCC[N+]1(C)CCCCC1.O.O. The standard InChI is InChI=1S/C11H24N.2H2O/c1-3-4-6-9-12(2)10-7-5-8-11-12;;/h3-11H2,1-2H3;2*1H2/q+1;;. The van der Waals surface area contributed by atoms with Gasteiger partial charge in [-0.3, -0.25) is 0 Å². The molecule has 88 valence electrons. The van der Waals surface area contributed by atoms with Gasteiger partial charge in [0.2, 0.25) is 0 Å². The zero-order valence-electron chi connectivity index (χ0n) is 9.81. The molecule has 1 saturated heterocycles. The summed E-state index contributed by atoms with van der Waals surface area (Å²) in [5.41, 5.74) is 0. The Labute approximate surface area is 88.3 Å². The van der Waals surface area contributed by atoms with Crippen LogP contribution in [0, 0.1) is 0 Å². The molecule has 4 N–H and O–H groups in total. The Balaban J connectivity index is 0. The summed E-state index contributed by atoms with van der Waals surface area (Å²) in [7, 11) is 2.44. The normalized spacial score (nSPS) is 19.3. The molecule has 1 heterocycles. The highest BCUT2D eigenvalue weighted by Crippen LogP contribution is 2.17. The third-order valence-electron chi connectivity index (χ3n) is 3.20. The predicted molar refractivity (Wildman–Crippen MR) is 61.4 cm³/mol. The summed E-state index contributed by atoms with van der Waals surface area (Å²) in [6.45, 7) is 6.58. The molecule has 0 atom stereocenters. The van der Waals surface area contributed by atoms with E-state index in [1.54, 1.807) is 0 Å². The van der Waals surface area contributed by atoms with Gasteiger partial charge >= 0.3 is 0 Å². The van der Waals surface area contributed by atoms with E-state index in [2.05, 4.69) is 14.0 Å². The van der Waals surface area contributed by atoms with Crippen molar-refractivity contribution in [3.05, 3.63) is 0 Å². The van der Waals surface area contributed by atoms with Crippen LogP contribution in [0.15, 0.2) is 0 Å². The molecule has 0 bridgehead atoms. The highest BCUT2D eigenvalue weighted by molar-refractivity contribution is 4.51. The summed E-state index contributed by atoms with van der Waals surface area (Å²) >= 11 is 0. The van der Waals surface area contributed by atoms with E-state index in [0.717, 1.165) is 0 Å². The lowest BCUT2D eigenvalue weighted by molar-refractivity contribution is -0.914. The molecule has 3 nitrogen and oxygen atoms in total. The number of hydrogen-bond acceptors (Lipinski definition) is 0. The molecule has 1 rings (SSSR count). The van der Waals surface area contributed by atoms with E-state index in [1.807, 2.05) is 0 Å². The first kappa shape index (κ1) is 16.3. The van der Waals surface area contributed by atoms with Crippen LogP contribution in [0.3, 0.4) is 0 Å². The molecule has 0 aromatic carbocycles. The Hall–Kier alpha value is -0.120. The maximum atomic E-state index is 2.44. The van der Waals surface area contributed by atoms with Crippen molar-refractivity contribution >= 4 is 0 Å². The molecule has 0 aromatic rings. The number of piperidine rings is 1. The fourth-order valence-electron chi connectivity index (χ4n) is 2.24. The van der Waals surface area contributed by atoms with Gasteiger partial charge in [-0.15, -0.1) is 0 Å². The second-order valence-electron chi connectivity index (χ2n) is 4.56. The van der Waals surface area contributed by atoms with E-state index in [1.165, 1.54) is 62.6 Å². The Bertz CT molecular complexity index is 122. The lowest BCUT2D eigenvalue weighted by Gasteiger charge is -2.37. The van der Waals surface area contributed by atoms with E-state index in [9.17, 15) is 0 Å². The molecular formula is C11H28NO2+. The average molecular weight is 206 g/mol. The molecule has 0 amide bonds. The monoisotopic (exact) mass is 206 g/mol. The number of unbranched alkanes of at least 4 members (excludes halogenated alkanes) is 2. The van der Waals surface area contributed by atoms with Gasteiger partial charge in [0.15, 0.2) is 0 Å². The van der Waals surface area contributed by atoms with Gasteiger partial charge in [0.1, 0.15) is 0 Å². The Kier molecular flexibility index (Phi) is 9.57. The van der Waals surface area contributed by atoms with E-state index < -0.39 is 0 Å². The van der Waals surface area contributed by atoms with E-state index in [4.69, 9.17) is 0 Å². The molecule has 1 aliphatic heterocycles. The fourth-order valence-corrected chi connectivity index (χ4v) is 2.24. The van der Waals surface area contributed by atoms with Crippen molar-refractivity contribution in [1.82, 2.24) is 0 Å². The molecule has 0 aromatic heterocycles. The predicted octanol–water partition coefficient (Wildman–Crippen LogP) is 1.16. The van der Waals surface area contributed by atoms with Gasteiger partial charge in [-0.05, 0) is 32.1 Å². The van der Waals surface area contributed by atoms with Crippen LogP contribution in [-0.4, -0.2) is 42.1 Å². The maximum Gasteiger partial charge on any atom is 0.0784 e. The first-order valence-electron chi connectivity index (χ1n) is 5.60. The highest BCUT2D eigenvalue weighted by Gasteiger charge is 2.23. The molecule has 3 heteroatoms. The van der Waals surface area contributed by atoms with E-state index >= 15 is 0 Å². The highest BCUT2D eigenvalue weighted by atomic mass is 16.0. The van der Waals surface area contributed by atoms with Gasteiger partial charge in [0.25, 0.3) is 0 Å². The van der Waals surface area contributed by atoms with Crippen molar-refractivity contribution in [3.63, 3.8) is 0 Å². The summed E-state index contributed by atoms with van der Waals surface area (Å²) < 4.78 is 1.36. The van der Waals surface area contributed by atoms with Crippen molar-refractivity contribution in [1.29, 1.82) is 0 Å². The topological polar surface area (TPSA) is 63.0 Å². The lowest BCUT2D eigenvalue weighted by Crippen LogP contribution is -2.48. The minimum atomic E-state index is 0. The number of quaternary nitrogens is 1. The summed E-state index contributed by atoms with van der Waals surface area (Å²) in [5.74, 6) is 0. The summed E-state index contributed by atoms with van der Waals surface area (Å²) in [6, 6.07) is 0. The van der Waals surface area contributed by atoms with Crippen LogP contribution in [0.1, 0.15) is 45.4 Å². The first-order valence-corrected chi connectivity index (χ1v) is 5.60. The molecule has 0 radical (unpaired) electrons. The Morgan fingerprint density at radius 2 is 1.50 bits per heavy atom. The molecular weight excluding hydrogens is 178 g/mol. The van der Waals surface area contributed by atoms with E-state index in [-0.39, 0.29) is 11.0 Å².